The van der Waals surface area contributed by atoms with Crippen LogP contribution in [0.5, 0.6) is 0 Å². The smallest absolute Gasteiger partial charge is 0.337 e. The van der Waals surface area contributed by atoms with Crippen molar-refractivity contribution in [2.24, 2.45) is 0 Å². The van der Waals surface area contributed by atoms with Crippen molar-refractivity contribution in [2.75, 3.05) is 7.11 Å². The van der Waals surface area contributed by atoms with Gasteiger partial charge in [0.15, 0.2) is 0 Å². The SMILES string of the molecule is C=[C]c1ccc(C(=O)OC)cc1. The molecule has 0 atom stereocenters. The molecule has 0 aliphatic heterocycles. The van der Waals surface area contributed by atoms with Gasteiger partial charge in [-0.05, 0) is 23.8 Å². The zero-order chi connectivity index (χ0) is 8.97. The minimum absolute atomic E-state index is 0.328. The van der Waals surface area contributed by atoms with Crippen molar-refractivity contribution in [3.05, 3.63) is 48.0 Å². The molecule has 0 saturated carbocycles. The molecule has 61 valence electrons. The Bertz CT molecular complexity index is 285. The Morgan fingerprint density at radius 3 is 2.42 bits per heavy atom. The van der Waals surface area contributed by atoms with Crippen LogP contribution in [0.1, 0.15) is 15.9 Å². The Kier molecular flexibility index (Phi) is 2.64. The van der Waals surface area contributed by atoms with Crippen molar-refractivity contribution in [1.29, 1.82) is 0 Å². The Morgan fingerprint density at radius 2 is 2.00 bits per heavy atom. The van der Waals surface area contributed by atoms with Gasteiger partial charge in [-0.2, -0.15) is 0 Å². The van der Waals surface area contributed by atoms with Crippen molar-refractivity contribution in [2.45, 2.75) is 0 Å². The van der Waals surface area contributed by atoms with Crippen LogP contribution in [0, 0.1) is 6.08 Å². The second kappa shape index (κ2) is 3.72. The van der Waals surface area contributed by atoms with Gasteiger partial charge in [-0.1, -0.05) is 18.7 Å². The third kappa shape index (κ3) is 1.72. The van der Waals surface area contributed by atoms with E-state index >= 15 is 0 Å². The Hall–Kier alpha value is -1.57. The molecule has 0 amide bonds. The van der Waals surface area contributed by atoms with Gasteiger partial charge in [0.05, 0.1) is 12.7 Å². The van der Waals surface area contributed by atoms with E-state index in [1.54, 1.807) is 24.3 Å². The van der Waals surface area contributed by atoms with Crippen LogP contribution in [-0.4, -0.2) is 13.1 Å². The lowest BCUT2D eigenvalue weighted by molar-refractivity contribution is 0.0601. The monoisotopic (exact) mass is 161 g/mol. The first-order chi connectivity index (χ1) is 5.77. The van der Waals surface area contributed by atoms with Gasteiger partial charge in [0.1, 0.15) is 0 Å². The lowest BCUT2D eigenvalue weighted by atomic mass is 10.1. The molecular formula is C10H9O2. The standard InChI is InChI=1S/C10H9O2/c1-3-8-4-6-9(7-5-8)10(11)12-2/h4-7H,1H2,2H3. The molecule has 0 aliphatic rings. The molecule has 0 N–H and O–H groups in total. The summed E-state index contributed by atoms with van der Waals surface area (Å²) in [7, 11) is 1.36. The normalized spacial score (nSPS) is 9.08. The molecular weight excluding hydrogens is 152 g/mol. The van der Waals surface area contributed by atoms with E-state index in [4.69, 9.17) is 0 Å². The van der Waals surface area contributed by atoms with Crippen LogP contribution in [0.3, 0.4) is 0 Å². The number of hydrogen-bond donors (Lipinski definition) is 0. The van der Waals surface area contributed by atoms with Crippen molar-refractivity contribution < 1.29 is 9.53 Å². The number of carbonyl (C=O) groups is 1. The summed E-state index contributed by atoms with van der Waals surface area (Å²) in [6.07, 6.45) is 2.71. The fraction of sp³-hybridized carbons (Fsp3) is 0.100. The van der Waals surface area contributed by atoms with Gasteiger partial charge >= 0.3 is 5.97 Å². The molecule has 1 aromatic rings. The van der Waals surface area contributed by atoms with Gasteiger partial charge in [0.2, 0.25) is 0 Å². The molecule has 0 saturated heterocycles. The molecule has 0 unspecified atom stereocenters. The van der Waals surface area contributed by atoms with Gasteiger partial charge in [-0.15, -0.1) is 0 Å². The van der Waals surface area contributed by atoms with E-state index < -0.39 is 0 Å². The summed E-state index contributed by atoms with van der Waals surface area (Å²) in [5.74, 6) is -0.328. The van der Waals surface area contributed by atoms with Crippen molar-refractivity contribution >= 4 is 5.97 Å². The van der Waals surface area contributed by atoms with Crippen LogP contribution in [0.4, 0.5) is 0 Å². The molecule has 2 nitrogen and oxygen atoms in total. The largest absolute Gasteiger partial charge is 0.465 e. The Labute approximate surface area is 71.5 Å². The number of benzene rings is 1. The highest BCUT2D eigenvalue weighted by Crippen LogP contribution is 2.04. The highest BCUT2D eigenvalue weighted by molar-refractivity contribution is 5.89. The van der Waals surface area contributed by atoms with E-state index in [1.807, 2.05) is 0 Å². The van der Waals surface area contributed by atoms with Crippen LogP contribution in [-0.2, 0) is 4.74 Å². The summed E-state index contributed by atoms with van der Waals surface area (Å²) in [5.41, 5.74) is 1.40. The summed E-state index contributed by atoms with van der Waals surface area (Å²) in [5, 5.41) is 0. The lowest BCUT2D eigenvalue weighted by Crippen LogP contribution is -2.00. The molecule has 2 heteroatoms. The Balaban J connectivity index is 2.91. The average Bonchev–Trinajstić information content (AvgIpc) is 2.17. The Morgan fingerprint density at radius 1 is 1.42 bits per heavy atom. The van der Waals surface area contributed by atoms with Gasteiger partial charge < -0.3 is 4.74 Å². The average molecular weight is 161 g/mol. The fourth-order valence-corrected chi connectivity index (χ4v) is 0.842. The van der Waals surface area contributed by atoms with Crippen LogP contribution in [0.2, 0.25) is 0 Å². The first-order valence-corrected chi connectivity index (χ1v) is 3.49. The van der Waals surface area contributed by atoms with Crippen LogP contribution in [0.15, 0.2) is 30.8 Å². The van der Waals surface area contributed by atoms with E-state index in [0.29, 0.717) is 5.56 Å². The van der Waals surface area contributed by atoms with Gasteiger partial charge in [0.25, 0.3) is 0 Å². The van der Waals surface area contributed by atoms with E-state index in [0.717, 1.165) is 5.56 Å². The quantitative estimate of drug-likeness (QED) is 0.618. The number of hydrogen-bond acceptors (Lipinski definition) is 2. The van der Waals surface area contributed by atoms with E-state index in [9.17, 15) is 4.79 Å². The number of carbonyl (C=O) groups excluding carboxylic acids is 1. The van der Waals surface area contributed by atoms with Crippen molar-refractivity contribution in [1.82, 2.24) is 0 Å². The maximum atomic E-state index is 11.0. The fourth-order valence-electron chi connectivity index (χ4n) is 0.842. The summed E-state index contributed by atoms with van der Waals surface area (Å²) < 4.78 is 4.53. The number of rotatable bonds is 2. The van der Waals surface area contributed by atoms with Crippen LogP contribution >= 0.6 is 0 Å². The van der Waals surface area contributed by atoms with E-state index in [1.165, 1.54) is 7.11 Å². The molecule has 0 aromatic heterocycles. The molecule has 1 rings (SSSR count). The second-order valence-corrected chi connectivity index (χ2v) is 2.25. The van der Waals surface area contributed by atoms with Crippen LogP contribution in [0.25, 0.3) is 0 Å². The van der Waals surface area contributed by atoms with Gasteiger partial charge in [-0.3, -0.25) is 0 Å². The molecule has 0 fully saturated rings. The maximum absolute atomic E-state index is 11.0. The zero-order valence-corrected chi connectivity index (χ0v) is 6.83. The highest BCUT2D eigenvalue weighted by atomic mass is 16.5. The van der Waals surface area contributed by atoms with E-state index in [-0.39, 0.29) is 5.97 Å². The van der Waals surface area contributed by atoms with Crippen molar-refractivity contribution in [3.8, 4) is 0 Å². The van der Waals surface area contributed by atoms with E-state index in [2.05, 4.69) is 17.4 Å². The first kappa shape index (κ1) is 8.53. The predicted molar refractivity (Wildman–Crippen MR) is 45.8 cm³/mol. The van der Waals surface area contributed by atoms with Gasteiger partial charge in [-0.25, -0.2) is 4.79 Å². The zero-order valence-electron chi connectivity index (χ0n) is 6.83. The third-order valence-electron chi connectivity index (χ3n) is 1.51. The first-order valence-electron chi connectivity index (χ1n) is 3.49. The van der Waals surface area contributed by atoms with Crippen molar-refractivity contribution in [3.63, 3.8) is 0 Å². The molecule has 1 radical (unpaired) electrons. The molecule has 0 spiro atoms. The second-order valence-electron chi connectivity index (χ2n) is 2.25. The van der Waals surface area contributed by atoms with Crippen LogP contribution < -0.4 is 0 Å². The molecule has 0 bridgehead atoms. The predicted octanol–water partition coefficient (Wildman–Crippen LogP) is 1.81. The molecule has 0 heterocycles. The highest BCUT2D eigenvalue weighted by Gasteiger charge is 2.02. The maximum Gasteiger partial charge on any atom is 0.337 e. The summed E-state index contributed by atoms with van der Waals surface area (Å²) in [6, 6.07) is 6.89. The molecule has 1 aromatic carbocycles. The molecule has 12 heavy (non-hydrogen) atoms. The molecule has 0 aliphatic carbocycles. The number of esters is 1. The summed E-state index contributed by atoms with van der Waals surface area (Å²) >= 11 is 0. The topological polar surface area (TPSA) is 26.3 Å². The number of methoxy groups -OCH3 is 1. The third-order valence-corrected chi connectivity index (χ3v) is 1.51. The minimum Gasteiger partial charge on any atom is -0.465 e. The summed E-state index contributed by atoms with van der Waals surface area (Å²) in [6.45, 7) is 3.48. The van der Waals surface area contributed by atoms with Gasteiger partial charge in [0, 0.05) is 0 Å². The summed E-state index contributed by atoms with van der Waals surface area (Å²) in [4.78, 5) is 11.0. The minimum atomic E-state index is -0.328. The number of ether oxygens (including phenoxy) is 1. The lowest BCUT2D eigenvalue weighted by Gasteiger charge is -1.98.